The number of terminal acetylenes is 1. The van der Waals surface area contributed by atoms with E-state index in [2.05, 4.69) is 22.3 Å². The highest BCUT2D eigenvalue weighted by Gasteiger charge is 2.15. The molecule has 0 fully saturated rings. The first-order valence-corrected chi connectivity index (χ1v) is 10.0. The second-order valence-electron chi connectivity index (χ2n) is 6.32. The molecule has 0 amide bonds. The molecule has 3 rings (SSSR count). The Hall–Kier alpha value is -2.99. The van der Waals surface area contributed by atoms with Crippen LogP contribution < -0.4 is 0 Å². The molecule has 1 heterocycles. The Kier molecular flexibility index (Phi) is 5.37. The van der Waals surface area contributed by atoms with Gasteiger partial charge < -0.3 is 4.57 Å². The van der Waals surface area contributed by atoms with Crippen LogP contribution in [-0.2, 0) is 10.1 Å². The molecule has 5 heteroatoms. The molecule has 1 unspecified atom stereocenters. The van der Waals surface area contributed by atoms with E-state index in [1.807, 2.05) is 54.7 Å². The number of benzene rings is 2. The van der Waals surface area contributed by atoms with Gasteiger partial charge in [-0.2, -0.15) is 8.42 Å². The van der Waals surface area contributed by atoms with Gasteiger partial charge in [-0.25, -0.2) is 0 Å². The molecule has 0 bridgehead atoms. The van der Waals surface area contributed by atoms with Gasteiger partial charge in [-0.3, -0.25) is 4.55 Å². The Labute approximate surface area is 159 Å². The van der Waals surface area contributed by atoms with Crippen molar-refractivity contribution in [2.45, 2.75) is 25.0 Å². The van der Waals surface area contributed by atoms with E-state index < -0.39 is 15.4 Å². The van der Waals surface area contributed by atoms with Crippen molar-refractivity contribution >= 4 is 21.0 Å². The predicted molar refractivity (Wildman–Crippen MR) is 108 cm³/mol. The highest BCUT2D eigenvalue weighted by Crippen LogP contribution is 2.22. The molecule has 1 N–H and O–H groups in total. The summed E-state index contributed by atoms with van der Waals surface area (Å²) in [7, 11) is -3.99. The third-order valence-electron chi connectivity index (χ3n) is 4.42. The van der Waals surface area contributed by atoms with Gasteiger partial charge in [-0.15, -0.1) is 6.42 Å². The molecule has 4 nitrogen and oxygen atoms in total. The van der Waals surface area contributed by atoms with Gasteiger partial charge in [0.25, 0.3) is 10.1 Å². The number of hydrogen-bond acceptors (Lipinski definition) is 2. The van der Waals surface area contributed by atoms with Crippen molar-refractivity contribution in [3.8, 4) is 29.9 Å². The molecule has 0 spiro atoms. The monoisotopic (exact) mass is 377 g/mol. The van der Waals surface area contributed by atoms with Crippen LogP contribution in [0.2, 0.25) is 0 Å². The highest BCUT2D eigenvalue weighted by molar-refractivity contribution is 7.86. The minimum atomic E-state index is -3.99. The van der Waals surface area contributed by atoms with E-state index in [-0.39, 0.29) is 0 Å². The largest absolute Gasteiger partial charge is 0.317 e. The zero-order valence-electron chi connectivity index (χ0n) is 14.9. The summed E-state index contributed by atoms with van der Waals surface area (Å²) in [4.78, 5) is 0. The third kappa shape index (κ3) is 4.41. The average Bonchev–Trinajstić information content (AvgIpc) is 3.07. The molecule has 1 aromatic heterocycles. The summed E-state index contributed by atoms with van der Waals surface area (Å²) in [5.41, 5.74) is 3.80. The summed E-state index contributed by atoms with van der Waals surface area (Å²) >= 11 is 0. The van der Waals surface area contributed by atoms with Gasteiger partial charge in [-0.1, -0.05) is 17.8 Å². The summed E-state index contributed by atoms with van der Waals surface area (Å²) in [6.45, 7) is 1.47. The summed E-state index contributed by atoms with van der Waals surface area (Å²) in [5, 5.41) is 0.262. The van der Waals surface area contributed by atoms with Crippen LogP contribution in [0.25, 0.3) is 16.6 Å². The molecule has 136 valence electrons. The van der Waals surface area contributed by atoms with Gasteiger partial charge in [-0.05, 0) is 61.9 Å². The maximum absolute atomic E-state index is 11.0. The van der Waals surface area contributed by atoms with Crippen LogP contribution in [0.1, 0.15) is 30.9 Å². The Morgan fingerprint density at radius 2 is 1.81 bits per heavy atom. The quantitative estimate of drug-likeness (QED) is 0.552. The molecule has 27 heavy (non-hydrogen) atoms. The van der Waals surface area contributed by atoms with Crippen molar-refractivity contribution in [1.82, 2.24) is 4.57 Å². The van der Waals surface area contributed by atoms with Crippen LogP contribution in [0, 0.1) is 24.2 Å². The third-order valence-corrected chi connectivity index (χ3v) is 5.67. The van der Waals surface area contributed by atoms with Crippen LogP contribution in [0.4, 0.5) is 0 Å². The minimum absolute atomic E-state index is 0.304. The van der Waals surface area contributed by atoms with Crippen LogP contribution in [0.5, 0.6) is 0 Å². The second-order valence-corrected chi connectivity index (χ2v) is 8.15. The van der Waals surface area contributed by atoms with E-state index in [9.17, 15) is 8.42 Å². The smallest absolute Gasteiger partial charge is 0.267 e. The van der Waals surface area contributed by atoms with E-state index in [1.165, 1.54) is 6.92 Å². The average molecular weight is 377 g/mol. The minimum Gasteiger partial charge on any atom is -0.317 e. The lowest BCUT2D eigenvalue weighted by molar-refractivity contribution is 0.467. The van der Waals surface area contributed by atoms with Gasteiger partial charge in [0.05, 0.1) is 10.8 Å². The van der Waals surface area contributed by atoms with Crippen molar-refractivity contribution in [3.63, 3.8) is 0 Å². The molecule has 3 aromatic rings. The molecular weight excluding hydrogens is 358 g/mol. The molecule has 0 saturated heterocycles. The molecule has 1 atom stereocenters. The number of aromatic nitrogens is 1. The van der Waals surface area contributed by atoms with Gasteiger partial charge in [0.15, 0.2) is 0 Å². The van der Waals surface area contributed by atoms with Crippen LogP contribution in [0.3, 0.4) is 0 Å². The van der Waals surface area contributed by atoms with E-state index in [4.69, 9.17) is 11.0 Å². The van der Waals surface area contributed by atoms with Crippen molar-refractivity contribution in [1.29, 1.82) is 0 Å². The fourth-order valence-electron chi connectivity index (χ4n) is 2.75. The maximum Gasteiger partial charge on any atom is 0.267 e. The summed E-state index contributed by atoms with van der Waals surface area (Å²) in [5.74, 6) is 8.63. The van der Waals surface area contributed by atoms with Crippen LogP contribution in [0.15, 0.2) is 54.7 Å². The summed E-state index contributed by atoms with van der Waals surface area (Å²) < 4.78 is 33.0. The van der Waals surface area contributed by atoms with Crippen molar-refractivity contribution < 1.29 is 13.0 Å². The second kappa shape index (κ2) is 7.72. The number of fused-ring (bicyclic) bond motifs is 1. The zero-order chi connectivity index (χ0) is 19.4. The van der Waals surface area contributed by atoms with Gasteiger partial charge in [0.1, 0.15) is 0 Å². The molecule has 0 saturated carbocycles. The zero-order valence-corrected chi connectivity index (χ0v) is 15.7. The Bertz CT molecular complexity index is 1170. The van der Waals surface area contributed by atoms with Gasteiger partial charge in [0, 0.05) is 34.8 Å². The van der Waals surface area contributed by atoms with Crippen molar-refractivity contribution in [3.05, 3.63) is 65.9 Å². The van der Waals surface area contributed by atoms with Crippen LogP contribution in [-0.4, -0.2) is 22.8 Å². The van der Waals surface area contributed by atoms with Gasteiger partial charge >= 0.3 is 0 Å². The number of rotatable bonds is 4. The van der Waals surface area contributed by atoms with E-state index in [1.54, 1.807) is 0 Å². The molecule has 2 aromatic carbocycles. The van der Waals surface area contributed by atoms with E-state index >= 15 is 0 Å². The highest BCUT2D eigenvalue weighted by atomic mass is 32.2. The Morgan fingerprint density at radius 3 is 2.48 bits per heavy atom. The molecular formula is C22H19NO3S. The summed E-state index contributed by atoms with van der Waals surface area (Å²) in [6, 6.07) is 15.8. The van der Waals surface area contributed by atoms with Crippen molar-refractivity contribution in [2.75, 3.05) is 0 Å². The van der Waals surface area contributed by atoms with Crippen molar-refractivity contribution in [2.24, 2.45) is 0 Å². The molecule has 0 radical (unpaired) electrons. The Balaban J connectivity index is 1.78. The molecule has 0 aliphatic rings. The lowest BCUT2D eigenvalue weighted by atomic mass is 10.1. The summed E-state index contributed by atoms with van der Waals surface area (Å²) in [6.07, 6.45) is 8.11. The number of hydrogen-bond donors (Lipinski definition) is 1. The molecule has 0 aliphatic carbocycles. The maximum atomic E-state index is 11.0. The van der Waals surface area contributed by atoms with E-state index in [0.29, 0.717) is 12.8 Å². The molecule has 0 aliphatic heterocycles. The lowest BCUT2D eigenvalue weighted by Crippen LogP contribution is -2.15. The number of nitrogens with zero attached hydrogens (tertiary/aromatic N) is 1. The van der Waals surface area contributed by atoms with E-state index in [0.717, 1.165) is 27.7 Å². The topological polar surface area (TPSA) is 59.3 Å². The first-order chi connectivity index (χ1) is 12.9. The lowest BCUT2D eigenvalue weighted by Gasteiger charge is -2.06. The standard InChI is InChI=1S/C22H19NO3S/c1-3-18-8-11-21(12-9-18)23-15-14-20-16-19(10-13-22(20)23)7-5-4-6-17(2)27(24,25)26/h1,8-17H,4,6H2,2H3,(H,24,25,26). The predicted octanol–water partition coefficient (Wildman–Crippen LogP) is 4.02. The van der Waals surface area contributed by atoms with Crippen LogP contribution >= 0.6 is 0 Å². The fraction of sp³-hybridized carbons (Fsp3) is 0.182. The SMILES string of the molecule is C#Cc1ccc(-n2ccc3cc(C#CCCC(C)S(=O)(=O)O)ccc32)cc1. The fourth-order valence-corrected chi connectivity index (χ4v) is 3.17. The normalized spacial score (nSPS) is 12.2. The Morgan fingerprint density at radius 1 is 1.11 bits per heavy atom. The first-order valence-electron chi connectivity index (χ1n) is 8.52. The van der Waals surface area contributed by atoms with Gasteiger partial charge in [0.2, 0.25) is 0 Å². The first kappa shape index (κ1) is 18.8.